The van der Waals surface area contributed by atoms with Crippen molar-refractivity contribution in [1.29, 1.82) is 0 Å². The van der Waals surface area contributed by atoms with Gasteiger partial charge >= 0.3 is 6.18 Å². The van der Waals surface area contributed by atoms with Crippen LogP contribution in [-0.4, -0.2) is 16.7 Å². The summed E-state index contributed by atoms with van der Waals surface area (Å²) in [5, 5.41) is 10.5. The second-order valence-corrected chi connectivity index (χ2v) is 6.71. The van der Waals surface area contributed by atoms with Crippen molar-refractivity contribution in [1.82, 2.24) is 0 Å². The van der Waals surface area contributed by atoms with Gasteiger partial charge in [-0.15, -0.1) is 0 Å². The minimum Gasteiger partial charge on any atom is -0.506 e. The number of rotatable bonds is 2. The first-order chi connectivity index (χ1) is 12.0. The van der Waals surface area contributed by atoms with E-state index >= 15 is 0 Å². The molecular weight excluding hydrogens is 345 g/mol. The number of ketones is 2. The predicted molar refractivity (Wildman–Crippen MR) is 93.5 cm³/mol. The number of aliphatic hydroxyl groups is 1. The zero-order valence-electron chi connectivity index (χ0n) is 15.2. The van der Waals surface area contributed by atoms with E-state index in [1.807, 2.05) is 0 Å². The highest BCUT2D eigenvalue weighted by Crippen LogP contribution is 2.40. The van der Waals surface area contributed by atoms with Gasteiger partial charge in [0.1, 0.15) is 11.3 Å². The average molecular weight is 366 g/mol. The molecule has 6 heteroatoms. The van der Waals surface area contributed by atoms with Crippen LogP contribution in [0.2, 0.25) is 0 Å². The molecule has 0 saturated heterocycles. The Morgan fingerprint density at radius 2 is 1.58 bits per heavy atom. The van der Waals surface area contributed by atoms with Gasteiger partial charge in [-0.1, -0.05) is 11.6 Å². The van der Waals surface area contributed by atoms with Crippen molar-refractivity contribution in [2.75, 3.05) is 0 Å². The quantitative estimate of drug-likeness (QED) is 0.432. The smallest absolute Gasteiger partial charge is 0.417 e. The molecule has 1 aromatic carbocycles. The topological polar surface area (TPSA) is 54.4 Å². The molecule has 1 aliphatic carbocycles. The second kappa shape index (κ2) is 7.09. The Labute approximate surface area is 150 Å². The van der Waals surface area contributed by atoms with Crippen LogP contribution in [0.5, 0.6) is 0 Å². The van der Waals surface area contributed by atoms with Crippen LogP contribution in [0.15, 0.2) is 23.3 Å². The molecular formula is C20H21F3O3. The van der Waals surface area contributed by atoms with E-state index in [0.29, 0.717) is 17.6 Å². The highest BCUT2D eigenvalue weighted by atomic mass is 19.4. The van der Waals surface area contributed by atoms with Gasteiger partial charge in [0.15, 0.2) is 11.6 Å². The Balaban J connectivity index is 2.81. The van der Waals surface area contributed by atoms with Crippen molar-refractivity contribution in [3.63, 3.8) is 0 Å². The maximum absolute atomic E-state index is 13.5. The molecule has 2 rings (SSSR count). The standard InChI is InChI=1S/C20H21F3O3/c1-10(2)11(3)17-12(4)13(8-9-14(17)20(21,22)23)19(26)18-15(24)6-5-7-16(18)25/h8-9,26H,5-7H2,1-4H3. The van der Waals surface area contributed by atoms with Crippen LogP contribution in [0.4, 0.5) is 13.2 Å². The fourth-order valence-electron chi connectivity index (χ4n) is 3.15. The maximum atomic E-state index is 13.5. The van der Waals surface area contributed by atoms with E-state index in [1.165, 1.54) is 6.92 Å². The van der Waals surface area contributed by atoms with E-state index in [-0.39, 0.29) is 35.1 Å². The van der Waals surface area contributed by atoms with Gasteiger partial charge in [0.05, 0.1) is 5.56 Å². The Kier molecular flexibility index (Phi) is 5.44. The first-order valence-corrected chi connectivity index (χ1v) is 8.32. The number of hydrogen-bond donors (Lipinski definition) is 1. The molecule has 0 aliphatic heterocycles. The fraction of sp³-hybridized carbons (Fsp3) is 0.400. The predicted octanol–water partition coefficient (Wildman–Crippen LogP) is 5.42. The van der Waals surface area contributed by atoms with Crippen LogP contribution in [0.1, 0.15) is 62.3 Å². The average Bonchev–Trinajstić information content (AvgIpc) is 2.52. The van der Waals surface area contributed by atoms with Gasteiger partial charge in [0, 0.05) is 18.4 Å². The van der Waals surface area contributed by atoms with E-state index in [1.54, 1.807) is 20.8 Å². The Hall–Kier alpha value is -2.37. The normalized spacial score (nSPS) is 15.3. The third-order valence-electron chi connectivity index (χ3n) is 4.75. The van der Waals surface area contributed by atoms with E-state index in [2.05, 4.69) is 0 Å². The molecule has 0 heterocycles. The van der Waals surface area contributed by atoms with E-state index < -0.39 is 29.1 Å². The lowest BCUT2D eigenvalue weighted by Crippen LogP contribution is -2.21. The van der Waals surface area contributed by atoms with Gasteiger partial charge in [-0.3, -0.25) is 9.59 Å². The minimum absolute atomic E-state index is 0.0298. The molecule has 0 spiro atoms. The first kappa shape index (κ1) is 19.9. The van der Waals surface area contributed by atoms with Crippen molar-refractivity contribution in [2.24, 2.45) is 0 Å². The number of benzene rings is 1. The zero-order valence-corrected chi connectivity index (χ0v) is 15.2. The Morgan fingerprint density at radius 1 is 1.04 bits per heavy atom. The molecule has 1 aliphatic rings. The summed E-state index contributed by atoms with van der Waals surface area (Å²) >= 11 is 0. The molecule has 1 saturated carbocycles. The number of allylic oxidation sites excluding steroid dienone is 3. The van der Waals surface area contributed by atoms with Crippen molar-refractivity contribution in [3.8, 4) is 0 Å². The fourth-order valence-corrected chi connectivity index (χ4v) is 3.15. The third-order valence-corrected chi connectivity index (χ3v) is 4.75. The van der Waals surface area contributed by atoms with Crippen LogP contribution >= 0.6 is 0 Å². The number of carbonyl (C=O) groups is 2. The van der Waals surface area contributed by atoms with E-state index in [4.69, 9.17) is 0 Å². The Morgan fingerprint density at radius 3 is 2.04 bits per heavy atom. The van der Waals surface area contributed by atoms with Crippen LogP contribution in [-0.2, 0) is 15.8 Å². The van der Waals surface area contributed by atoms with Gasteiger partial charge in [-0.05, 0) is 56.9 Å². The highest BCUT2D eigenvalue weighted by Gasteiger charge is 2.36. The Bertz CT molecular complexity index is 821. The highest BCUT2D eigenvalue weighted by molar-refractivity contribution is 6.25. The van der Waals surface area contributed by atoms with Crippen LogP contribution in [0, 0.1) is 6.92 Å². The molecule has 140 valence electrons. The van der Waals surface area contributed by atoms with Crippen molar-refractivity contribution in [2.45, 2.75) is 53.1 Å². The number of halogens is 3. The molecule has 0 radical (unpaired) electrons. The second-order valence-electron chi connectivity index (χ2n) is 6.71. The van der Waals surface area contributed by atoms with E-state index in [0.717, 1.165) is 12.1 Å². The van der Waals surface area contributed by atoms with Gasteiger partial charge in [-0.25, -0.2) is 0 Å². The monoisotopic (exact) mass is 366 g/mol. The summed E-state index contributed by atoms with van der Waals surface area (Å²) in [6, 6.07) is 2.01. The minimum atomic E-state index is -4.56. The molecule has 0 atom stereocenters. The summed E-state index contributed by atoms with van der Waals surface area (Å²) in [6.07, 6.45) is -3.85. The number of aliphatic hydroxyl groups excluding tert-OH is 1. The third kappa shape index (κ3) is 3.59. The van der Waals surface area contributed by atoms with Gasteiger partial charge in [-0.2, -0.15) is 13.2 Å². The summed E-state index contributed by atoms with van der Waals surface area (Å²) in [5.74, 6) is -1.48. The van der Waals surface area contributed by atoms with Crippen molar-refractivity contribution >= 4 is 22.9 Å². The summed E-state index contributed by atoms with van der Waals surface area (Å²) in [5.41, 5.74) is 0.264. The van der Waals surface area contributed by atoms with Crippen LogP contribution in [0.25, 0.3) is 11.3 Å². The van der Waals surface area contributed by atoms with Gasteiger partial charge in [0.2, 0.25) is 0 Å². The van der Waals surface area contributed by atoms with Crippen molar-refractivity contribution < 1.29 is 27.9 Å². The number of alkyl halides is 3. The molecule has 3 nitrogen and oxygen atoms in total. The first-order valence-electron chi connectivity index (χ1n) is 8.32. The lowest BCUT2D eigenvalue weighted by Gasteiger charge is -2.21. The van der Waals surface area contributed by atoms with Gasteiger partial charge < -0.3 is 5.11 Å². The SMILES string of the molecule is CC(C)=C(C)c1c(C(F)(F)F)ccc(C(O)=C2C(=O)CCCC2=O)c1C. The van der Waals surface area contributed by atoms with Crippen LogP contribution < -0.4 is 0 Å². The number of Topliss-reactive ketones (excluding diaryl/α,β-unsaturated/α-hetero) is 2. The lowest BCUT2D eigenvalue weighted by molar-refractivity contribution is -0.137. The molecule has 0 unspecified atom stereocenters. The molecule has 0 amide bonds. The summed E-state index contributed by atoms with van der Waals surface area (Å²) in [6.45, 7) is 6.45. The van der Waals surface area contributed by atoms with Gasteiger partial charge in [0.25, 0.3) is 0 Å². The summed E-state index contributed by atoms with van der Waals surface area (Å²) < 4.78 is 40.4. The maximum Gasteiger partial charge on any atom is 0.417 e. The summed E-state index contributed by atoms with van der Waals surface area (Å²) in [4.78, 5) is 24.1. The summed E-state index contributed by atoms with van der Waals surface area (Å²) in [7, 11) is 0. The zero-order chi connectivity index (χ0) is 19.8. The largest absolute Gasteiger partial charge is 0.506 e. The number of hydrogen-bond acceptors (Lipinski definition) is 3. The lowest BCUT2D eigenvalue weighted by atomic mass is 9.85. The van der Waals surface area contributed by atoms with Crippen LogP contribution in [0.3, 0.4) is 0 Å². The van der Waals surface area contributed by atoms with E-state index in [9.17, 15) is 27.9 Å². The molecule has 0 bridgehead atoms. The van der Waals surface area contributed by atoms with Crippen molar-refractivity contribution in [3.05, 3.63) is 45.5 Å². The molecule has 1 N–H and O–H groups in total. The molecule has 26 heavy (non-hydrogen) atoms. The number of carbonyl (C=O) groups excluding carboxylic acids is 2. The molecule has 1 aromatic rings. The molecule has 0 aromatic heterocycles. The molecule has 1 fully saturated rings.